The SMILES string of the molecule is CCC1(CC)c2cc(-c3ccc4c(c3)c3ccccc3n4-c3cccc4ccccc34)ccc2-c2ccc([Si](c3ccccc3)(c3ccccc3)c3ccccc3)cc21. The van der Waals surface area contributed by atoms with Crippen LogP contribution in [0.1, 0.15) is 37.8 Å². The minimum atomic E-state index is -2.69. The fourth-order valence-electron chi connectivity index (χ4n) is 10.8. The summed E-state index contributed by atoms with van der Waals surface area (Å²) in [7, 11) is -2.69. The second kappa shape index (κ2) is 14.0. The van der Waals surface area contributed by atoms with Crippen molar-refractivity contribution in [3.63, 3.8) is 0 Å². The van der Waals surface area contributed by atoms with Gasteiger partial charge in [-0.05, 0) is 103 Å². The Hall–Kier alpha value is -6.74. The maximum atomic E-state index is 2.63. The molecule has 0 fully saturated rings. The summed E-state index contributed by atoms with van der Waals surface area (Å²) in [6, 6.07) is 80.2. The molecule has 0 amide bonds. The van der Waals surface area contributed by atoms with Gasteiger partial charge in [-0.2, -0.15) is 0 Å². The first-order valence-corrected chi connectivity index (χ1v) is 23.1. The number of aromatic nitrogens is 1. The molecule has 1 heterocycles. The summed E-state index contributed by atoms with van der Waals surface area (Å²) in [5.41, 5.74) is 11.8. The molecule has 0 atom stereocenters. The zero-order valence-corrected chi connectivity index (χ0v) is 34.6. The van der Waals surface area contributed by atoms with Crippen LogP contribution in [0.25, 0.3) is 60.5 Å². The van der Waals surface area contributed by atoms with Crippen molar-refractivity contribution in [2.45, 2.75) is 32.1 Å². The molecular formula is C57H45NSi. The molecule has 0 unspecified atom stereocenters. The normalized spacial score (nSPS) is 13.2. The van der Waals surface area contributed by atoms with Gasteiger partial charge in [0.2, 0.25) is 0 Å². The predicted octanol–water partition coefficient (Wildman–Crippen LogP) is 12.1. The zero-order chi connectivity index (χ0) is 39.6. The van der Waals surface area contributed by atoms with Crippen molar-refractivity contribution in [3.05, 3.63) is 223 Å². The number of para-hydroxylation sites is 1. The molecule has 0 bridgehead atoms. The van der Waals surface area contributed by atoms with E-state index in [0.29, 0.717) is 0 Å². The van der Waals surface area contributed by atoms with Crippen LogP contribution in [0.3, 0.4) is 0 Å². The highest BCUT2D eigenvalue weighted by Gasteiger charge is 2.45. The molecule has 0 radical (unpaired) electrons. The molecule has 59 heavy (non-hydrogen) atoms. The highest BCUT2D eigenvalue weighted by Crippen LogP contribution is 2.53. The third-order valence-electron chi connectivity index (χ3n) is 13.6. The second-order valence-electron chi connectivity index (χ2n) is 16.2. The molecular weight excluding hydrogens is 727 g/mol. The molecule has 0 saturated heterocycles. The molecule has 282 valence electrons. The van der Waals surface area contributed by atoms with Crippen LogP contribution in [0, 0.1) is 0 Å². The van der Waals surface area contributed by atoms with Crippen molar-refractivity contribution in [1.29, 1.82) is 0 Å². The van der Waals surface area contributed by atoms with Gasteiger partial charge in [-0.15, -0.1) is 0 Å². The highest BCUT2D eigenvalue weighted by atomic mass is 28.3. The van der Waals surface area contributed by atoms with Gasteiger partial charge in [-0.3, -0.25) is 0 Å². The Morgan fingerprint density at radius 2 is 0.898 bits per heavy atom. The minimum Gasteiger partial charge on any atom is -0.309 e. The third-order valence-corrected chi connectivity index (χ3v) is 18.4. The van der Waals surface area contributed by atoms with E-state index in [1.807, 2.05) is 0 Å². The van der Waals surface area contributed by atoms with Crippen LogP contribution in [0.4, 0.5) is 0 Å². The van der Waals surface area contributed by atoms with Gasteiger partial charge in [-0.1, -0.05) is 196 Å². The number of hydrogen-bond acceptors (Lipinski definition) is 0. The summed E-state index contributed by atoms with van der Waals surface area (Å²) in [6.45, 7) is 4.79. The van der Waals surface area contributed by atoms with Gasteiger partial charge in [0.05, 0.1) is 16.7 Å². The Morgan fingerprint density at radius 3 is 1.56 bits per heavy atom. The molecule has 2 heteroatoms. The molecule has 0 spiro atoms. The highest BCUT2D eigenvalue weighted by molar-refractivity contribution is 7.19. The topological polar surface area (TPSA) is 4.93 Å². The first-order valence-electron chi connectivity index (χ1n) is 21.1. The summed E-state index contributed by atoms with van der Waals surface area (Å²) in [5, 5.41) is 10.7. The van der Waals surface area contributed by atoms with E-state index in [1.54, 1.807) is 0 Å². The third kappa shape index (κ3) is 5.23. The van der Waals surface area contributed by atoms with E-state index in [0.717, 1.165) is 12.8 Å². The predicted molar refractivity (Wildman–Crippen MR) is 254 cm³/mol. The Bertz CT molecular complexity index is 3070. The number of benzene rings is 9. The summed E-state index contributed by atoms with van der Waals surface area (Å²) in [6.07, 6.45) is 2.06. The van der Waals surface area contributed by atoms with E-state index in [9.17, 15) is 0 Å². The van der Waals surface area contributed by atoms with E-state index in [2.05, 4.69) is 231 Å². The molecule has 0 aliphatic heterocycles. The number of nitrogens with zero attached hydrogens (tertiary/aromatic N) is 1. The minimum absolute atomic E-state index is 0.102. The molecule has 1 aliphatic rings. The van der Waals surface area contributed by atoms with E-state index in [1.165, 1.54) is 92.4 Å². The largest absolute Gasteiger partial charge is 0.309 e. The van der Waals surface area contributed by atoms with Gasteiger partial charge < -0.3 is 4.57 Å². The molecule has 1 aromatic heterocycles. The summed E-state index contributed by atoms with van der Waals surface area (Å²) >= 11 is 0. The summed E-state index contributed by atoms with van der Waals surface area (Å²) in [5.74, 6) is 0. The fourth-order valence-corrected chi connectivity index (χ4v) is 15.6. The smallest absolute Gasteiger partial charge is 0.179 e. The van der Waals surface area contributed by atoms with Crippen LogP contribution in [0.5, 0.6) is 0 Å². The molecule has 0 saturated carbocycles. The van der Waals surface area contributed by atoms with Crippen LogP contribution in [-0.2, 0) is 5.41 Å². The van der Waals surface area contributed by atoms with Gasteiger partial charge in [0, 0.05) is 21.6 Å². The molecule has 1 aliphatic carbocycles. The lowest BCUT2D eigenvalue weighted by molar-refractivity contribution is 0.491. The Kier molecular flexibility index (Phi) is 8.39. The Balaban J connectivity index is 1.08. The lowest BCUT2D eigenvalue weighted by Crippen LogP contribution is -2.74. The number of fused-ring (bicyclic) bond motifs is 7. The van der Waals surface area contributed by atoms with E-state index < -0.39 is 8.07 Å². The number of hydrogen-bond donors (Lipinski definition) is 0. The van der Waals surface area contributed by atoms with Crippen molar-refractivity contribution in [1.82, 2.24) is 4.57 Å². The van der Waals surface area contributed by atoms with Gasteiger partial charge in [-0.25, -0.2) is 0 Å². The molecule has 1 nitrogen and oxygen atoms in total. The quantitative estimate of drug-likeness (QED) is 0.107. The average molecular weight is 772 g/mol. The maximum absolute atomic E-state index is 2.69. The average Bonchev–Trinajstić information content (AvgIpc) is 3.79. The van der Waals surface area contributed by atoms with Gasteiger partial charge >= 0.3 is 0 Å². The summed E-state index contributed by atoms with van der Waals surface area (Å²) in [4.78, 5) is 0. The van der Waals surface area contributed by atoms with Gasteiger partial charge in [0.1, 0.15) is 0 Å². The van der Waals surface area contributed by atoms with Gasteiger partial charge in [0.25, 0.3) is 0 Å². The second-order valence-corrected chi connectivity index (χ2v) is 20.1. The lowest BCUT2D eigenvalue weighted by Gasteiger charge is -2.36. The van der Waals surface area contributed by atoms with E-state index >= 15 is 0 Å². The monoisotopic (exact) mass is 771 g/mol. The van der Waals surface area contributed by atoms with Crippen molar-refractivity contribution < 1.29 is 0 Å². The van der Waals surface area contributed by atoms with Crippen molar-refractivity contribution in [2.24, 2.45) is 0 Å². The first-order chi connectivity index (χ1) is 29.2. The Labute approximate surface area is 347 Å². The van der Waals surface area contributed by atoms with Crippen LogP contribution in [-0.4, -0.2) is 12.6 Å². The van der Waals surface area contributed by atoms with Crippen molar-refractivity contribution in [2.75, 3.05) is 0 Å². The van der Waals surface area contributed by atoms with Crippen LogP contribution < -0.4 is 20.7 Å². The summed E-state index contributed by atoms with van der Waals surface area (Å²) < 4.78 is 2.45. The van der Waals surface area contributed by atoms with Crippen LogP contribution in [0.15, 0.2) is 212 Å². The van der Waals surface area contributed by atoms with E-state index in [4.69, 9.17) is 0 Å². The number of rotatable bonds is 8. The fraction of sp³-hybridized carbons (Fsp3) is 0.0877. The molecule has 11 rings (SSSR count). The van der Waals surface area contributed by atoms with Crippen molar-refractivity contribution >= 4 is 61.4 Å². The molecule has 9 aromatic carbocycles. The van der Waals surface area contributed by atoms with E-state index in [-0.39, 0.29) is 5.41 Å². The van der Waals surface area contributed by atoms with Crippen LogP contribution in [0.2, 0.25) is 0 Å². The molecule has 10 aromatic rings. The molecule has 0 N–H and O–H groups in total. The van der Waals surface area contributed by atoms with Gasteiger partial charge in [0.15, 0.2) is 8.07 Å². The van der Waals surface area contributed by atoms with Crippen LogP contribution >= 0.6 is 0 Å². The lowest BCUT2D eigenvalue weighted by atomic mass is 9.73. The van der Waals surface area contributed by atoms with Crippen molar-refractivity contribution in [3.8, 4) is 27.9 Å². The standard InChI is InChI=1S/C57H45NSi/c1-3-57(4-2)52-38-42(41-32-36-56-51(37-41)50-28-16-17-29-55(50)58(56)54-30-18-20-40-19-14-15-27-47(40)54)31-34-48(52)49-35-33-46(39-53(49)57)59(43-21-8-5-9-22-43,44-23-10-6-11-24-44)45-25-12-7-13-26-45/h5-39H,3-4H2,1-2H3. The maximum Gasteiger partial charge on any atom is 0.179 e. The Morgan fingerprint density at radius 1 is 0.390 bits per heavy atom. The first kappa shape index (κ1) is 35.4. The zero-order valence-electron chi connectivity index (χ0n) is 33.6.